The van der Waals surface area contributed by atoms with Crippen LogP contribution in [0.25, 0.3) is 0 Å². The van der Waals surface area contributed by atoms with Gasteiger partial charge < -0.3 is 9.47 Å². The highest BCUT2D eigenvalue weighted by molar-refractivity contribution is 5.76. The van der Waals surface area contributed by atoms with E-state index in [0.717, 1.165) is 57.0 Å². The molecule has 0 saturated carbocycles. The molecular weight excluding hydrogens is 336 g/mol. The standard InChI is InChI=1S/C22H30N4O/c1-17-8-10-18(11-9-17)12-13-21(27)25-14-5-6-19(16-25)22-24-23-20-7-3-2-4-15-26(20)22/h8-11,19H,2-7,12-16H2,1H3. The minimum Gasteiger partial charge on any atom is -0.342 e. The van der Waals surface area contributed by atoms with Gasteiger partial charge in [-0.25, -0.2) is 0 Å². The third kappa shape index (κ3) is 4.23. The maximum absolute atomic E-state index is 12.8. The number of nitrogens with zero attached hydrogens (tertiary/aromatic N) is 4. The van der Waals surface area contributed by atoms with Crippen molar-refractivity contribution in [3.8, 4) is 0 Å². The Morgan fingerprint density at radius 2 is 1.93 bits per heavy atom. The number of benzene rings is 1. The predicted molar refractivity (Wildman–Crippen MR) is 106 cm³/mol. The number of fused-ring (bicyclic) bond motifs is 1. The lowest BCUT2D eigenvalue weighted by Crippen LogP contribution is -2.40. The summed E-state index contributed by atoms with van der Waals surface area (Å²) in [5, 5.41) is 8.99. The van der Waals surface area contributed by atoms with Crippen LogP contribution in [-0.4, -0.2) is 38.7 Å². The number of aryl methyl sites for hydroxylation is 3. The lowest BCUT2D eigenvalue weighted by Gasteiger charge is -2.32. The highest BCUT2D eigenvalue weighted by Crippen LogP contribution is 2.28. The van der Waals surface area contributed by atoms with E-state index in [2.05, 4.69) is 50.9 Å². The Hall–Kier alpha value is -2.17. The summed E-state index contributed by atoms with van der Waals surface area (Å²) in [5.41, 5.74) is 2.50. The zero-order valence-corrected chi connectivity index (χ0v) is 16.4. The Morgan fingerprint density at radius 1 is 1.07 bits per heavy atom. The smallest absolute Gasteiger partial charge is 0.222 e. The second-order valence-corrected chi connectivity index (χ2v) is 8.10. The first-order valence-electron chi connectivity index (χ1n) is 10.5. The molecule has 0 radical (unpaired) electrons. The van der Waals surface area contributed by atoms with Crippen molar-refractivity contribution < 1.29 is 4.79 Å². The Kier molecular flexibility index (Phi) is 5.55. The maximum Gasteiger partial charge on any atom is 0.222 e. The average molecular weight is 367 g/mol. The number of likely N-dealkylation sites (tertiary alicyclic amines) is 1. The van der Waals surface area contributed by atoms with Crippen LogP contribution in [0.2, 0.25) is 0 Å². The van der Waals surface area contributed by atoms with Crippen molar-refractivity contribution in [1.29, 1.82) is 0 Å². The molecule has 1 aromatic carbocycles. The Morgan fingerprint density at radius 3 is 2.78 bits per heavy atom. The van der Waals surface area contributed by atoms with E-state index in [9.17, 15) is 4.79 Å². The van der Waals surface area contributed by atoms with Crippen LogP contribution in [0.4, 0.5) is 0 Å². The van der Waals surface area contributed by atoms with Crippen LogP contribution >= 0.6 is 0 Å². The van der Waals surface area contributed by atoms with Gasteiger partial charge in [0.1, 0.15) is 11.6 Å². The van der Waals surface area contributed by atoms with Crippen LogP contribution < -0.4 is 0 Å². The van der Waals surface area contributed by atoms with E-state index in [1.54, 1.807) is 0 Å². The molecule has 0 bridgehead atoms. The van der Waals surface area contributed by atoms with Gasteiger partial charge >= 0.3 is 0 Å². The molecule has 27 heavy (non-hydrogen) atoms. The molecule has 5 heteroatoms. The fraction of sp³-hybridized carbons (Fsp3) is 0.591. The molecule has 1 saturated heterocycles. The molecule has 3 heterocycles. The summed E-state index contributed by atoms with van der Waals surface area (Å²) in [4.78, 5) is 14.8. The van der Waals surface area contributed by atoms with Crippen LogP contribution in [0, 0.1) is 6.92 Å². The largest absolute Gasteiger partial charge is 0.342 e. The molecule has 0 spiro atoms. The first kappa shape index (κ1) is 18.2. The lowest BCUT2D eigenvalue weighted by atomic mass is 9.96. The van der Waals surface area contributed by atoms with Gasteiger partial charge in [-0.3, -0.25) is 4.79 Å². The van der Waals surface area contributed by atoms with Crippen LogP contribution in [0.3, 0.4) is 0 Å². The van der Waals surface area contributed by atoms with E-state index in [4.69, 9.17) is 0 Å². The first-order chi connectivity index (χ1) is 13.2. The number of carbonyl (C=O) groups is 1. The van der Waals surface area contributed by atoms with Crippen molar-refractivity contribution in [2.45, 2.75) is 70.8 Å². The summed E-state index contributed by atoms with van der Waals surface area (Å²) in [7, 11) is 0. The van der Waals surface area contributed by atoms with Crippen molar-refractivity contribution in [3.05, 3.63) is 47.0 Å². The minimum absolute atomic E-state index is 0.274. The van der Waals surface area contributed by atoms with Gasteiger partial charge in [-0.15, -0.1) is 10.2 Å². The monoisotopic (exact) mass is 366 g/mol. The third-order valence-electron chi connectivity index (χ3n) is 6.03. The van der Waals surface area contributed by atoms with Gasteiger partial charge in [0.25, 0.3) is 0 Å². The SMILES string of the molecule is Cc1ccc(CCC(=O)N2CCCC(c3nnc4n3CCCCC4)C2)cc1. The predicted octanol–water partition coefficient (Wildman–Crippen LogP) is 3.65. The van der Waals surface area contributed by atoms with Gasteiger partial charge in [-0.2, -0.15) is 0 Å². The normalized spacial score (nSPS) is 20.2. The fourth-order valence-electron chi connectivity index (χ4n) is 4.39. The Balaban J connectivity index is 1.38. The number of amides is 1. The van der Waals surface area contributed by atoms with E-state index in [0.29, 0.717) is 12.3 Å². The van der Waals surface area contributed by atoms with Crippen LogP contribution in [0.15, 0.2) is 24.3 Å². The number of aromatic nitrogens is 3. The van der Waals surface area contributed by atoms with Crippen molar-refractivity contribution >= 4 is 5.91 Å². The quantitative estimate of drug-likeness (QED) is 0.830. The van der Waals surface area contributed by atoms with E-state index >= 15 is 0 Å². The average Bonchev–Trinajstić information content (AvgIpc) is 2.96. The molecule has 2 aromatic rings. The molecule has 5 nitrogen and oxygen atoms in total. The molecule has 1 amide bonds. The molecule has 0 N–H and O–H groups in total. The summed E-state index contributed by atoms with van der Waals surface area (Å²) in [6.07, 6.45) is 8.32. The molecule has 144 valence electrons. The number of hydrogen-bond acceptors (Lipinski definition) is 3. The fourth-order valence-corrected chi connectivity index (χ4v) is 4.39. The number of rotatable bonds is 4. The van der Waals surface area contributed by atoms with Crippen molar-refractivity contribution in [1.82, 2.24) is 19.7 Å². The van der Waals surface area contributed by atoms with E-state index in [1.165, 1.54) is 30.4 Å². The highest BCUT2D eigenvalue weighted by atomic mass is 16.2. The van der Waals surface area contributed by atoms with Gasteiger partial charge in [-0.1, -0.05) is 36.2 Å². The second-order valence-electron chi connectivity index (χ2n) is 8.10. The van der Waals surface area contributed by atoms with Gasteiger partial charge in [-0.05, 0) is 44.6 Å². The van der Waals surface area contributed by atoms with Crippen LogP contribution in [-0.2, 0) is 24.2 Å². The molecular formula is C22H30N4O. The third-order valence-corrected chi connectivity index (χ3v) is 6.03. The summed E-state index contributed by atoms with van der Waals surface area (Å²) in [6, 6.07) is 8.50. The van der Waals surface area contributed by atoms with E-state index in [1.807, 2.05) is 0 Å². The number of hydrogen-bond donors (Lipinski definition) is 0. The first-order valence-corrected chi connectivity index (χ1v) is 10.5. The topological polar surface area (TPSA) is 51.0 Å². The van der Waals surface area contributed by atoms with Crippen LogP contribution in [0.1, 0.15) is 67.2 Å². The molecule has 4 rings (SSSR count). The summed E-state index contributed by atoms with van der Waals surface area (Å²) >= 11 is 0. The van der Waals surface area contributed by atoms with Gasteiger partial charge in [0.05, 0.1) is 0 Å². The minimum atomic E-state index is 0.274. The number of piperidine rings is 1. The maximum atomic E-state index is 12.8. The van der Waals surface area contributed by atoms with Crippen molar-refractivity contribution in [2.24, 2.45) is 0 Å². The molecule has 2 aliphatic rings. The zero-order chi connectivity index (χ0) is 18.6. The molecule has 1 unspecified atom stereocenters. The summed E-state index contributed by atoms with van der Waals surface area (Å²) in [5.74, 6) is 2.87. The summed E-state index contributed by atoms with van der Waals surface area (Å²) in [6.45, 7) is 4.80. The van der Waals surface area contributed by atoms with E-state index in [-0.39, 0.29) is 5.91 Å². The van der Waals surface area contributed by atoms with Gasteiger partial charge in [0, 0.05) is 38.4 Å². The second kappa shape index (κ2) is 8.24. The van der Waals surface area contributed by atoms with Gasteiger partial charge in [0.15, 0.2) is 0 Å². The lowest BCUT2D eigenvalue weighted by molar-refractivity contribution is -0.132. The van der Waals surface area contributed by atoms with E-state index < -0.39 is 0 Å². The molecule has 0 aliphatic carbocycles. The number of carbonyl (C=O) groups excluding carboxylic acids is 1. The Labute approximate surface area is 161 Å². The van der Waals surface area contributed by atoms with Gasteiger partial charge in [0.2, 0.25) is 5.91 Å². The molecule has 2 aliphatic heterocycles. The van der Waals surface area contributed by atoms with Crippen LogP contribution in [0.5, 0.6) is 0 Å². The van der Waals surface area contributed by atoms with Crippen molar-refractivity contribution in [2.75, 3.05) is 13.1 Å². The molecule has 1 atom stereocenters. The highest BCUT2D eigenvalue weighted by Gasteiger charge is 2.29. The molecule has 1 aromatic heterocycles. The molecule has 1 fully saturated rings. The Bertz CT molecular complexity index is 780. The van der Waals surface area contributed by atoms with Crippen molar-refractivity contribution in [3.63, 3.8) is 0 Å². The zero-order valence-electron chi connectivity index (χ0n) is 16.4. The summed E-state index contributed by atoms with van der Waals surface area (Å²) < 4.78 is 2.35.